The number of ether oxygens (including phenoxy) is 1. The highest BCUT2D eigenvalue weighted by Gasteiger charge is 2.18. The normalized spacial score (nSPS) is 17.4. The monoisotopic (exact) mass is 378 g/mol. The van der Waals surface area contributed by atoms with Crippen LogP contribution in [0.1, 0.15) is 30.6 Å². The lowest BCUT2D eigenvalue weighted by Gasteiger charge is -2.21. The summed E-state index contributed by atoms with van der Waals surface area (Å²) in [7, 11) is 0. The Labute approximate surface area is 155 Å². The van der Waals surface area contributed by atoms with Crippen LogP contribution in [0.25, 0.3) is 0 Å². The van der Waals surface area contributed by atoms with Crippen molar-refractivity contribution in [2.45, 2.75) is 31.2 Å². The van der Waals surface area contributed by atoms with Gasteiger partial charge in [-0.2, -0.15) is 4.98 Å². The smallest absolute Gasteiger partial charge is 0.251 e. The van der Waals surface area contributed by atoms with Crippen molar-refractivity contribution in [1.82, 2.24) is 15.3 Å². The van der Waals surface area contributed by atoms with Gasteiger partial charge < -0.3 is 10.1 Å². The molecule has 1 aromatic carbocycles. The average Bonchev–Trinajstić information content (AvgIpc) is 2.57. The van der Waals surface area contributed by atoms with E-state index >= 15 is 0 Å². The Kier molecular flexibility index (Phi) is 5.65. The van der Waals surface area contributed by atoms with Crippen molar-refractivity contribution in [3.05, 3.63) is 41.0 Å². The lowest BCUT2D eigenvalue weighted by molar-refractivity contribution is 0.0913. The van der Waals surface area contributed by atoms with E-state index in [0.717, 1.165) is 11.3 Å². The molecule has 132 valence electrons. The van der Waals surface area contributed by atoms with Crippen molar-refractivity contribution >= 4 is 35.4 Å². The Hall–Kier alpha value is -1.99. The summed E-state index contributed by atoms with van der Waals surface area (Å²) in [6.07, 6.45) is 0.796. The topological polar surface area (TPSA) is 76.1 Å². The molecule has 2 heterocycles. The maximum absolute atomic E-state index is 12.6. The van der Waals surface area contributed by atoms with Crippen molar-refractivity contribution in [3.8, 4) is 5.88 Å². The zero-order valence-electron chi connectivity index (χ0n) is 14.0. The number of hydrogen-bond acceptors (Lipinski definition) is 6. The van der Waals surface area contributed by atoms with Crippen molar-refractivity contribution in [2.75, 3.05) is 11.3 Å². The molecular weight excluding hydrogens is 360 g/mol. The summed E-state index contributed by atoms with van der Waals surface area (Å²) in [6.45, 7) is 4.52. The summed E-state index contributed by atoms with van der Waals surface area (Å²) in [5.41, 5.74) is 0.602. The summed E-state index contributed by atoms with van der Waals surface area (Å²) in [4.78, 5) is 21.9. The number of carbonyl (C=O) groups excluding carboxylic acids is 1. The molecule has 0 fully saturated rings. The first-order valence-corrected chi connectivity index (χ1v) is 9.20. The van der Waals surface area contributed by atoms with Crippen LogP contribution >= 0.6 is 23.5 Å². The Morgan fingerprint density at radius 1 is 1.36 bits per heavy atom. The molecule has 1 atom stereocenters. The van der Waals surface area contributed by atoms with E-state index in [0.29, 0.717) is 35.1 Å². The van der Waals surface area contributed by atoms with Crippen LogP contribution in [0.3, 0.4) is 0 Å². The molecule has 4 bridgehead atoms. The molecule has 2 N–H and O–H groups in total. The van der Waals surface area contributed by atoms with Crippen LogP contribution in [0.4, 0.5) is 5.95 Å². The third kappa shape index (κ3) is 4.99. The lowest BCUT2D eigenvalue weighted by atomic mass is 10.0. The zero-order valence-corrected chi connectivity index (χ0v) is 15.5. The number of amides is 1. The standard InChI is InChI=1S/C17H19ClN4O2S/c1-10(2)6-12-9-24-15-8-14(18)20-17(21-15)22-25-13-5-3-4-11(7-13)16(23)19-12/h3-5,7-8,10,12H,6,9H2,1-2H3,(H,19,23)(H,20,21,22)/t12-/m1/s1. The first kappa shape index (κ1) is 17.8. The van der Waals surface area contributed by atoms with Crippen molar-refractivity contribution in [2.24, 2.45) is 5.92 Å². The number of halogens is 1. The molecule has 1 aliphatic heterocycles. The van der Waals surface area contributed by atoms with Gasteiger partial charge in [0.2, 0.25) is 11.8 Å². The quantitative estimate of drug-likeness (QED) is 0.611. The Morgan fingerprint density at radius 3 is 3.00 bits per heavy atom. The number of nitrogens with zero attached hydrogens (tertiary/aromatic N) is 2. The molecule has 0 saturated heterocycles. The molecule has 6 nitrogen and oxygen atoms in total. The van der Waals surface area contributed by atoms with Crippen LogP contribution in [0.15, 0.2) is 35.2 Å². The fourth-order valence-electron chi connectivity index (χ4n) is 2.51. The highest BCUT2D eigenvalue weighted by atomic mass is 35.5. The van der Waals surface area contributed by atoms with Gasteiger partial charge in [0.15, 0.2) is 0 Å². The van der Waals surface area contributed by atoms with Gasteiger partial charge in [0.1, 0.15) is 11.8 Å². The van der Waals surface area contributed by atoms with E-state index in [-0.39, 0.29) is 11.9 Å². The van der Waals surface area contributed by atoms with Gasteiger partial charge in [-0.3, -0.25) is 9.52 Å². The number of rotatable bonds is 2. The number of anilines is 1. The Bertz CT molecular complexity index is 772. The number of hydrogen-bond donors (Lipinski definition) is 2. The minimum atomic E-state index is -0.130. The minimum absolute atomic E-state index is 0.119. The third-order valence-corrected chi connectivity index (χ3v) is 4.52. The maximum atomic E-state index is 12.6. The van der Waals surface area contributed by atoms with Gasteiger partial charge in [-0.25, -0.2) is 4.98 Å². The minimum Gasteiger partial charge on any atom is -0.475 e. The van der Waals surface area contributed by atoms with Gasteiger partial charge >= 0.3 is 0 Å². The molecule has 0 unspecified atom stereocenters. The number of carbonyl (C=O) groups is 1. The van der Waals surface area contributed by atoms with Crippen molar-refractivity contribution in [3.63, 3.8) is 0 Å². The van der Waals surface area contributed by atoms with Gasteiger partial charge in [-0.05, 0) is 42.5 Å². The van der Waals surface area contributed by atoms with E-state index in [4.69, 9.17) is 16.3 Å². The Balaban J connectivity index is 1.93. The number of aromatic nitrogens is 2. The average molecular weight is 379 g/mol. The van der Waals surface area contributed by atoms with Crippen molar-refractivity contribution in [1.29, 1.82) is 0 Å². The van der Waals surface area contributed by atoms with Crippen LogP contribution in [0, 0.1) is 5.92 Å². The fraction of sp³-hybridized carbons (Fsp3) is 0.353. The molecule has 0 spiro atoms. The summed E-state index contributed by atoms with van der Waals surface area (Å²) < 4.78 is 8.79. The van der Waals surface area contributed by atoms with Gasteiger partial charge in [0.25, 0.3) is 5.91 Å². The van der Waals surface area contributed by atoms with E-state index < -0.39 is 0 Å². The van der Waals surface area contributed by atoms with Gasteiger partial charge in [-0.15, -0.1) is 0 Å². The highest BCUT2D eigenvalue weighted by molar-refractivity contribution is 8.00. The largest absolute Gasteiger partial charge is 0.475 e. The van der Waals surface area contributed by atoms with Gasteiger partial charge in [0, 0.05) is 16.5 Å². The SMILES string of the molecule is CC(C)C[C@@H]1COc2cc(Cl)nc(n2)NSc2cccc(c2)C(=O)N1. The molecule has 3 rings (SSSR count). The zero-order chi connectivity index (χ0) is 17.8. The third-order valence-electron chi connectivity index (χ3n) is 3.55. The van der Waals surface area contributed by atoms with E-state index in [1.165, 1.54) is 11.9 Å². The molecule has 0 radical (unpaired) electrons. The van der Waals surface area contributed by atoms with Crippen LogP contribution in [-0.4, -0.2) is 28.5 Å². The maximum Gasteiger partial charge on any atom is 0.251 e. The predicted molar refractivity (Wildman–Crippen MR) is 99.2 cm³/mol. The van der Waals surface area contributed by atoms with E-state index in [1.54, 1.807) is 12.1 Å². The van der Waals surface area contributed by atoms with Crippen LogP contribution in [0.5, 0.6) is 5.88 Å². The molecule has 1 aromatic heterocycles. The second kappa shape index (κ2) is 7.93. The number of benzene rings is 1. The second-order valence-electron chi connectivity index (χ2n) is 6.20. The van der Waals surface area contributed by atoms with E-state index in [1.807, 2.05) is 18.2 Å². The Morgan fingerprint density at radius 2 is 2.20 bits per heavy atom. The molecule has 0 aliphatic carbocycles. The molecule has 2 aromatic rings. The van der Waals surface area contributed by atoms with Crippen LogP contribution < -0.4 is 14.8 Å². The van der Waals surface area contributed by atoms with E-state index in [2.05, 4.69) is 33.9 Å². The molecular formula is C17H19ClN4O2S. The summed E-state index contributed by atoms with van der Waals surface area (Å²) in [6, 6.07) is 8.79. The molecule has 0 saturated carbocycles. The fourth-order valence-corrected chi connectivity index (χ4v) is 3.32. The lowest BCUT2D eigenvalue weighted by Crippen LogP contribution is -2.40. The molecule has 25 heavy (non-hydrogen) atoms. The molecule has 1 aliphatic rings. The summed E-state index contributed by atoms with van der Waals surface area (Å²) in [5.74, 6) is 1.03. The highest BCUT2D eigenvalue weighted by Crippen LogP contribution is 2.24. The second-order valence-corrected chi connectivity index (χ2v) is 7.46. The van der Waals surface area contributed by atoms with Crippen LogP contribution in [-0.2, 0) is 0 Å². The van der Waals surface area contributed by atoms with Gasteiger partial charge in [0.05, 0.1) is 6.04 Å². The molecule has 1 amide bonds. The summed E-state index contributed by atoms with van der Waals surface area (Å²) in [5, 5.41) is 3.34. The number of nitrogens with one attached hydrogen (secondary N) is 2. The van der Waals surface area contributed by atoms with Crippen molar-refractivity contribution < 1.29 is 9.53 Å². The first-order valence-electron chi connectivity index (χ1n) is 8.01. The predicted octanol–water partition coefficient (Wildman–Crippen LogP) is 3.79. The van der Waals surface area contributed by atoms with Gasteiger partial charge in [-0.1, -0.05) is 31.5 Å². The van der Waals surface area contributed by atoms with E-state index in [9.17, 15) is 4.79 Å². The van der Waals surface area contributed by atoms with Crippen LogP contribution in [0.2, 0.25) is 5.15 Å². The summed E-state index contributed by atoms with van der Waals surface area (Å²) >= 11 is 7.35. The first-order chi connectivity index (χ1) is 12.0. The number of fused-ring (bicyclic) bond motifs is 4. The molecule has 8 heteroatoms.